The summed E-state index contributed by atoms with van der Waals surface area (Å²) >= 11 is 4.71. The van der Waals surface area contributed by atoms with E-state index in [0.29, 0.717) is 13.0 Å². The minimum absolute atomic E-state index is 0.594. The predicted octanol–water partition coefficient (Wildman–Crippen LogP) is 7.90. The molecule has 2 aromatic carbocycles. The average Bonchev–Trinajstić information content (AvgIpc) is 3.54. The molecule has 1 unspecified atom stereocenters. The lowest BCUT2D eigenvalue weighted by atomic mass is 9.77. The summed E-state index contributed by atoms with van der Waals surface area (Å²) in [6.45, 7) is 6.04. The number of furan rings is 1. The lowest BCUT2D eigenvalue weighted by Crippen LogP contribution is -2.34. The number of allylic oxidation sites excluding steroid dienone is 2. The van der Waals surface area contributed by atoms with Crippen LogP contribution in [-0.4, -0.2) is 37.4 Å². The zero-order valence-electron chi connectivity index (χ0n) is 21.3. The van der Waals surface area contributed by atoms with E-state index in [2.05, 4.69) is 93.4 Å². The number of hydrogen-bond acceptors (Lipinski definition) is 4. The Bertz CT molecular complexity index is 1320. The van der Waals surface area contributed by atoms with Crippen LogP contribution in [0.15, 0.2) is 64.6 Å². The zero-order valence-corrected chi connectivity index (χ0v) is 25.6. The largest absolute Gasteiger partial charge is 0.461 e. The van der Waals surface area contributed by atoms with Crippen molar-refractivity contribution in [3.63, 3.8) is 0 Å². The Kier molecular flexibility index (Phi) is 8.89. The molecule has 0 saturated carbocycles. The highest BCUT2D eigenvalue weighted by molar-refractivity contribution is 14.1. The molecule has 0 bridgehead atoms. The summed E-state index contributed by atoms with van der Waals surface area (Å²) in [6.07, 6.45) is 11.2. The fourth-order valence-electron chi connectivity index (χ4n) is 5.64. The molecule has 6 heteroatoms. The Morgan fingerprint density at radius 1 is 1.11 bits per heavy atom. The van der Waals surface area contributed by atoms with E-state index in [1.54, 1.807) is 0 Å². The van der Waals surface area contributed by atoms with Gasteiger partial charge in [0.15, 0.2) is 0 Å². The van der Waals surface area contributed by atoms with Gasteiger partial charge in [-0.2, -0.15) is 0 Å². The predicted molar refractivity (Wildman–Crippen MR) is 167 cm³/mol. The van der Waals surface area contributed by atoms with Gasteiger partial charge in [0.1, 0.15) is 23.2 Å². The van der Waals surface area contributed by atoms with Gasteiger partial charge >= 0.3 is 0 Å². The van der Waals surface area contributed by atoms with Crippen LogP contribution in [0.2, 0.25) is 0 Å². The summed E-state index contributed by atoms with van der Waals surface area (Å²) in [5.41, 5.74) is 4.15. The number of nitrogens with zero attached hydrogens (tertiary/aromatic N) is 1. The van der Waals surface area contributed by atoms with Gasteiger partial charge in [-0.15, -0.1) is 0 Å². The van der Waals surface area contributed by atoms with Crippen molar-refractivity contribution >= 4 is 68.0 Å². The molecule has 5 rings (SSSR count). The molecule has 1 atom stereocenters. The number of aryl methyl sites for hydroxylation is 1. The number of unbranched alkanes of at least 4 members (excludes halogenated alkanes) is 1. The maximum absolute atomic E-state index is 12.2. The molecule has 0 N–H and O–H groups in total. The summed E-state index contributed by atoms with van der Waals surface area (Å²) in [5, 5.41) is 1.10. The number of ether oxygens (including phenoxy) is 1. The Hall–Kier alpha value is -1.49. The van der Waals surface area contributed by atoms with E-state index in [1.807, 2.05) is 18.2 Å². The molecule has 37 heavy (non-hydrogen) atoms. The molecule has 1 saturated heterocycles. The number of para-hydroxylation sites is 1. The van der Waals surface area contributed by atoms with Crippen molar-refractivity contribution in [2.45, 2.75) is 51.0 Å². The summed E-state index contributed by atoms with van der Waals surface area (Å²) < 4.78 is 15.8. The molecule has 1 aromatic heterocycles. The molecule has 1 aliphatic heterocycles. The monoisotopic (exact) mass is 721 g/mol. The van der Waals surface area contributed by atoms with Gasteiger partial charge in [0, 0.05) is 43.0 Å². The standard InChI is InChI=1S/C31H33I2NO3/c1-2-3-9-29-30(26-8-4-5-10-28(26)37-29)31(36-16-15-34-13-6-7-14-34)12-11-22(21-35)27(20-31)23-17-24(32)19-25(33)18-23/h4-5,8,10-12,17-19,21H,2-3,6-7,9,13-16,20H2,1H3. The second-order valence-electron chi connectivity index (χ2n) is 10.0. The summed E-state index contributed by atoms with van der Waals surface area (Å²) in [4.78, 5) is 14.7. The van der Waals surface area contributed by atoms with Crippen LogP contribution in [0, 0.1) is 7.14 Å². The Morgan fingerprint density at radius 3 is 2.59 bits per heavy atom. The molecule has 194 valence electrons. The third-order valence-corrected chi connectivity index (χ3v) is 8.72. The van der Waals surface area contributed by atoms with Gasteiger partial charge in [-0.1, -0.05) is 37.6 Å². The summed E-state index contributed by atoms with van der Waals surface area (Å²) in [7, 11) is 0. The van der Waals surface area contributed by atoms with E-state index >= 15 is 0 Å². The van der Waals surface area contributed by atoms with Gasteiger partial charge in [-0.05, 0) is 119 Å². The minimum atomic E-state index is -0.704. The number of carbonyl (C=O) groups is 1. The fraction of sp³-hybridized carbons (Fsp3) is 0.387. The van der Waals surface area contributed by atoms with Crippen LogP contribution in [0.3, 0.4) is 0 Å². The lowest BCUT2D eigenvalue weighted by Gasteiger charge is -2.36. The molecule has 1 aliphatic carbocycles. The van der Waals surface area contributed by atoms with Crippen molar-refractivity contribution in [2.75, 3.05) is 26.2 Å². The highest BCUT2D eigenvalue weighted by Crippen LogP contribution is 2.47. The molecule has 4 nitrogen and oxygen atoms in total. The maximum Gasteiger partial charge on any atom is 0.150 e. The molecule has 1 fully saturated rings. The van der Waals surface area contributed by atoms with E-state index in [-0.39, 0.29) is 0 Å². The van der Waals surface area contributed by atoms with Crippen molar-refractivity contribution in [1.82, 2.24) is 4.90 Å². The fourth-order valence-corrected chi connectivity index (χ4v) is 7.57. The highest BCUT2D eigenvalue weighted by atomic mass is 127. The number of halogens is 2. The molecule has 0 amide bonds. The number of likely N-dealkylation sites (tertiary alicyclic amines) is 1. The zero-order chi connectivity index (χ0) is 25.8. The molecular formula is C31H33I2NO3. The quantitative estimate of drug-likeness (QED) is 0.158. The van der Waals surface area contributed by atoms with Crippen molar-refractivity contribution in [2.24, 2.45) is 0 Å². The second kappa shape index (κ2) is 12.1. The smallest absolute Gasteiger partial charge is 0.150 e. The normalized spacial score (nSPS) is 20.3. The SMILES string of the molecule is CCCCc1oc2ccccc2c1C1(OCCN2CCCC2)C=CC(C=O)=C(c2cc(I)cc(I)c2)C1. The first-order valence-corrected chi connectivity index (χ1v) is 15.4. The third kappa shape index (κ3) is 5.92. The van der Waals surface area contributed by atoms with Crippen molar-refractivity contribution < 1.29 is 13.9 Å². The molecule has 0 spiro atoms. The van der Waals surface area contributed by atoms with Crippen LogP contribution in [0.5, 0.6) is 0 Å². The molecule has 2 aliphatic rings. The van der Waals surface area contributed by atoms with E-state index in [1.165, 1.54) is 12.8 Å². The van der Waals surface area contributed by atoms with E-state index in [0.717, 1.165) is 91.3 Å². The van der Waals surface area contributed by atoms with Gasteiger partial charge in [-0.25, -0.2) is 0 Å². The summed E-state index contributed by atoms with van der Waals surface area (Å²) in [5.74, 6) is 1.000. The molecule has 2 heterocycles. The number of fused-ring (bicyclic) bond motifs is 1. The van der Waals surface area contributed by atoms with Gasteiger partial charge in [0.2, 0.25) is 0 Å². The van der Waals surface area contributed by atoms with E-state index in [4.69, 9.17) is 9.15 Å². The van der Waals surface area contributed by atoms with E-state index < -0.39 is 5.60 Å². The summed E-state index contributed by atoms with van der Waals surface area (Å²) in [6, 6.07) is 14.8. The van der Waals surface area contributed by atoms with Crippen LogP contribution in [0.1, 0.15) is 55.9 Å². The van der Waals surface area contributed by atoms with E-state index in [9.17, 15) is 4.79 Å². The van der Waals surface area contributed by atoms with Crippen molar-refractivity contribution in [1.29, 1.82) is 0 Å². The van der Waals surface area contributed by atoms with Crippen LogP contribution < -0.4 is 0 Å². The number of carbonyl (C=O) groups excluding carboxylic acids is 1. The Balaban J connectivity index is 1.62. The number of rotatable bonds is 10. The number of aldehydes is 1. The van der Waals surface area contributed by atoms with Crippen LogP contribution in [-0.2, 0) is 21.6 Å². The van der Waals surface area contributed by atoms with Gasteiger partial charge < -0.3 is 14.1 Å². The van der Waals surface area contributed by atoms with Crippen LogP contribution in [0.4, 0.5) is 0 Å². The minimum Gasteiger partial charge on any atom is -0.461 e. The third-order valence-electron chi connectivity index (χ3n) is 7.47. The molecule has 0 radical (unpaired) electrons. The topological polar surface area (TPSA) is 42.7 Å². The van der Waals surface area contributed by atoms with Gasteiger partial charge in [-0.3, -0.25) is 4.79 Å². The highest BCUT2D eigenvalue weighted by Gasteiger charge is 2.40. The first kappa shape index (κ1) is 27.1. The van der Waals surface area contributed by atoms with Crippen molar-refractivity contribution in [3.05, 3.63) is 84.2 Å². The molecule has 3 aromatic rings. The second-order valence-corrected chi connectivity index (χ2v) is 12.5. The lowest BCUT2D eigenvalue weighted by molar-refractivity contribution is -0.104. The number of benzene rings is 2. The van der Waals surface area contributed by atoms with Gasteiger partial charge in [0.25, 0.3) is 0 Å². The van der Waals surface area contributed by atoms with Gasteiger partial charge in [0.05, 0.1) is 6.61 Å². The van der Waals surface area contributed by atoms with Crippen LogP contribution in [0.25, 0.3) is 16.5 Å². The number of hydrogen-bond donors (Lipinski definition) is 0. The van der Waals surface area contributed by atoms with Crippen molar-refractivity contribution in [3.8, 4) is 0 Å². The average molecular weight is 721 g/mol. The first-order valence-electron chi connectivity index (χ1n) is 13.2. The van der Waals surface area contributed by atoms with Crippen LogP contribution >= 0.6 is 45.2 Å². The Labute approximate surface area is 246 Å². The Morgan fingerprint density at radius 2 is 1.86 bits per heavy atom. The molecular weight excluding hydrogens is 688 g/mol. The first-order chi connectivity index (χ1) is 18.0. The maximum atomic E-state index is 12.2.